The Labute approximate surface area is 219 Å². The zero-order valence-corrected chi connectivity index (χ0v) is 23.7. The third kappa shape index (κ3) is 7.20. The number of hydrogen-bond acceptors (Lipinski definition) is 7. The van der Waals surface area contributed by atoms with Gasteiger partial charge in [-0.2, -0.15) is 0 Å². The molecule has 0 spiro atoms. The molecule has 0 radical (unpaired) electrons. The molecule has 0 saturated carbocycles. The summed E-state index contributed by atoms with van der Waals surface area (Å²) >= 11 is 1.56. The van der Waals surface area contributed by atoms with Crippen molar-refractivity contribution in [2.75, 3.05) is 7.05 Å². The Bertz CT molecular complexity index is 1020. The molecule has 0 saturated heterocycles. The van der Waals surface area contributed by atoms with Gasteiger partial charge in [0.1, 0.15) is 11.6 Å². The number of hydrogen-bond donors (Lipinski definition) is 2. The first-order valence-corrected chi connectivity index (χ1v) is 13.5. The molecule has 0 bridgehead atoms. The third-order valence-electron chi connectivity index (χ3n) is 7.64. The van der Waals surface area contributed by atoms with Crippen LogP contribution in [0.15, 0.2) is 22.6 Å². The van der Waals surface area contributed by atoms with Crippen molar-refractivity contribution in [2.24, 2.45) is 17.3 Å². The highest BCUT2D eigenvalue weighted by molar-refractivity contribution is 7.09. The number of aryl methyl sites for hydroxylation is 1. The number of amides is 1. The van der Waals surface area contributed by atoms with Crippen LogP contribution in [-0.2, 0) is 14.4 Å². The molecular weight excluding hydrogens is 476 g/mol. The monoisotopic (exact) mass is 518 g/mol. The van der Waals surface area contributed by atoms with E-state index in [9.17, 15) is 24.6 Å². The van der Waals surface area contributed by atoms with Gasteiger partial charge in [-0.25, -0.2) is 4.98 Å². The Kier molecular flexibility index (Phi) is 10.3. The van der Waals surface area contributed by atoms with Crippen molar-refractivity contribution in [3.8, 4) is 0 Å². The molecule has 1 aliphatic heterocycles. The van der Waals surface area contributed by atoms with Crippen molar-refractivity contribution in [2.45, 2.75) is 92.4 Å². The van der Waals surface area contributed by atoms with E-state index >= 15 is 0 Å². The first kappa shape index (κ1) is 30.1. The van der Waals surface area contributed by atoms with E-state index in [1.165, 1.54) is 0 Å². The summed E-state index contributed by atoms with van der Waals surface area (Å²) in [5, 5.41) is 24.7. The lowest BCUT2D eigenvalue weighted by Gasteiger charge is -2.36. The van der Waals surface area contributed by atoms with Gasteiger partial charge in [0.05, 0.1) is 40.8 Å². The Morgan fingerprint density at radius 3 is 2.36 bits per heavy atom. The van der Waals surface area contributed by atoms with Gasteiger partial charge in [0.15, 0.2) is 0 Å². The van der Waals surface area contributed by atoms with Crippen LogP contribution in [0.5, 0.6) is 0 Å². The largest absolute Gasteiger partial charge is 0.392 e. The number of aliphatic hydroxyl groups excluding tert-OH is 2. The van der Waals surface area contributed by atoms with Gasteiger partial charge < -0.3 is 15.1 Å². The molecule has 7 nitrogen and oxygen atoms in total. The lowest BCUT2D eigenvalue weighted by Crippen LogP contribution is -2.48. The zero-order valence-electron chi connectivity index (χ0n) is 22.9. The Hall–Kier alpha value is -2.16. The first-order valence-electron chi connectivity index (χ1n) is 12.6. The van der Waals surface area contributed by atoms with Gasteiger partial charge in [0, 0.05) is 30.7 Å². The maximum absolute atomic E-state index is 13.3. The smallest absolute Gasteiger partial charge is 0.225 e. The predicted octanol–water partition coefficient (Wildman–Crippen LogP) is 4.36. The maximum Gasteiger partial charge on any atom is 0.225 e. The molecular formula is C28H42N2O5S. The van der Waals surface area contributed by atoms with Crippen LogP contribution in [0, 0.1) is 24.2 Å². The minimum Gasteiger partial charge on any atom is -0.392 e. The van der Waals surface area contributed by atoms with Crippen molar-refractivity contribution in [3.63, 3.8) is 0 Å². The molecule has 1 aliphatic rings. The van der Waals surface area contributed by atoms with Gasteiger partial charge in [-0.05, 0) is 45.3 Å². The fourth-order valence-electron chi connectivity index (χ4n) is 4.66. The predicted molar refractivity (Wildman–Crippen MR) is 143 cm³/mol. The minimum atomic E-state index is -1.27. The van der Waals surface area contributed by atoms with E-state index < -0.39 is 29.5 Å². The highest BCUT2D eigenvalue weighted by Crippen LogP contribution is 2.32. The zero-order chi connectivity index (χ0) is 27.4. The highest BCUT2D eigenvalue weighted by atomic mass is 32.1. The van der Waals surface area contributed by atoms with E-state index in [1.54, 1.807) is 51.0 Å². The number of Topliss-reactive ketones (excluding diaryl/α,β-unsaturated/α-hetero) is 2. The first-order chi connectivity index (χ1) is 16.7. The molecule has 0 aromatic carbocycles. The number of thiazole rings is 1. The van der Waals surface area contributed by atoms with Crippen molar-refractivity contribution in [1.29, 1.82) is 0 Å². The van der Waals surface area contributed by atoms with Gasteiger partial charge in [-0.1, -0.05) is 39.3 Å². The lowest BCUT2D eigenvalue weighted by molar-refractivity contribution is -0.145. The standard InChI is InChI=1S/C28H42N2O5S/c1-16-9-11-22(17(2)13-21-15-36-20(5)29-21)30(8)25(33)14-24(32)28(6,7)27(35)19(4)26(34)18(3)23(31)12-10-16/h9,13,15,18-19,22,24,26,32,34H,10-12,14H2,1-8H3/b16-9-,17-13+/t18?,19?,22-,24?,26-/m0/s1. The Balaban J connectivity index is 2.46. The normalized spacial score (nSPS) is 31.3. The van der Waals surface area contributed by atoms with E-state index in [0.717, 1.165) is 21.8 Å². The number of nitrogens with zero attached hydrogens (tertiary/aromatic N) is 2. The summed E-state index contributed by atoms with van der Waals surface area (Å²) in [5.74, 6) is -2.30. The van der Waals surface area contributed by atoms with Crippen LogP contribution >= 0.6 is 11.3 Å². The number of aliphatic hydroxyl groups is 2. The Morgan fingerprint density at radius 1 is 1.14 bits per heavy atom. The second kappa shape index (κ2) is 12.4. The minimum absolute atomic E-state index is 0.0980. The average molecular weight is 519 g/mol. The number of carbonyl (C=O) groups excluding carboxylic acids is 3. The van der Waals surface area contributed by atoms with Crippen LogP contribution in [0.1, 0.15) is 77.9 Å². The molecule has 1 aromatic heterocycles. The molecule has 1 amide bonds. The van der Waals surface area contributed by atoms with Crippen LogP contribution in [0.3, 0.4) is 0 Å². The number of allylic oxidation sites excluding steroid dienone is 1. The van der Waals surface area contributed by atoms with E-state index in [4.69, 9.17) is 0 Å². The molecule has 2 rings (SSSR count). The molecule has 2 N–H and O–H groups in total. The SMILES string of the molecule is C/C1=C/C[C@@H](/C(C)=C/c2csc(C)n2)N(C)C(=O)CC(O)C(C)(C)C(=O)C(C)[C@@H](O)C(C)C(=O)CC1. The second-order valence-electron chi connectivity index (χ2n) is 10.8. The molecule has 8 heteroatoms. The maximum atomic E-state index is 13.3. The van der Waals surface area contributed by atoms with Gasteiger partial charge in [-0.15, -0.1) is 11.3 Å². The lowest BCUT2D eigenvalue weighted by atomic mass is 9.72. The van der Waals surface area contributed by atoms with Crippen LogP contribution in [0.2, 0.25) is 0 Å². The summed E-state index contributed by atoms with van der Waals surface area (Å²) in [4.78, 5) is 45.5. The van der Waals surface area contributed by atoms with Gasteiger partial charge in [0.2, 0.25) is 5.91 Å². The van der Waals surface area contributed by atoms with E-state index in [-0.39, 0.29) is 36.4 Å². The van der Waals surface area contributed by atoms with Gasteiger partial charge in [-0.3, -0.25) is 14.4 Å². The molecule has 1 aromatic rings. The van der Waals surface area contributed by atoms with Crippen LogP contribution < -0.4 is 0 Å². The molecule has 36 heavy (non-hydrogen) atoms. The highest BCUT2D eigenvalue weighted by Gasteiger charge is 2.43. The fraction of sp³-hybridized carbons (Fsp3) is 0.643. The van der Waals surface area contributed by atoms with Crippen molar-refractivity contribution < 1.29 is 24.6 Å². The molecule has 0 fully saturated rings. The summed E-state index contributed by atoms with van der Waals surface area (Å²) in [6, 6.07) is -0.274. The number of likely N-dealkylation sites (N-methyl/N-ethyl adjacent to an activating group) is 1. The van der Waals surface area contributed by atoms with Crippen molar-refractivity contribution in [1.82, 2.24) is 9.88 Å². The second-order valence-corrected chi connectivity index (χ2v) is 11.9. The molecule has 200 valence electrons. The molecule has 2 heterocycles. The number of aromatic nitrogens is 1. The van der Waals surface area contributed by atoms with E-state index in [2.05, 4.69) is 4.98 Å². The summed E-state index contributed by atoms with van der Waals surface area (Å²) in [6.07, 6.45) is 2.75. The topological polar surface area (TPSA) is 108 Å². The molecule has 3 unspecified atom stereocenters. The summed E-state index contributed by atoms with van der Waals surface area (Å²) in [7, 11) is 1.71. The number of carbonyl (C=O) groups is 3. The van der Waals surface area contributed by atoms with Crippen LogP contribution in [-0.4, -0.2) is 62.9 Å². The molecule has 5 atom stereocenters. The quantitative estimate of drug-likeness (QED) is 0.563. The number of rotatable bonds is 2. The molecule has 0 aliphatic carbocycles. The summed E-state index contributed by atoms with van der Waals surface area (Å²) in [5.41, 5.74) is 1.53. The van der Waals surface area contributed by atoms with Gasteiger partial charge in [0.25, 0.3) is 0 Å². The van der Waals surface area contributed by atoms with E-state index in [0.29, 0.717) is 12.8 Å². The van der Waals surface area contributed by atoms with E-state index in [1.807, 2.05) is 38.3 Å². The Morgan fingerprint density at radius 2 is 1.78 bits per heavy atom. The van der Waals surface area contributed by atoms with Crippen molar-refractivity contribution in [3.05, 3.63) is 33.3 Å². The average Bonchev–Trinajstić information content (AvgIpc) is 3.23. The van der Waals surface area contributed by atoms with Crippen LogP contribution in [0.4, 0.5) is 0 Å². The fourth-order valence-corrected chi connectivity index (χ4v) is 5.23. The number of ketones is 2. The van der Waals surface area contributed by atoms with Gasteiger partial charge >= 0.3 is 0 Å². The van der Waals surface area contributed by atoms with Crippen LogP contribution in [0.25, 0.3) is 6.08 Å². The summed E-state index contributed by atoms with van der Waals surface area (Å²) < 4.78 is 0. The third-order valence-corrected chi connectivity index (χ3v) is 8.43. The summed E-state index contributed by atoms with van der Waals surface area (Å²) in [6.45, 7) is 12.3. The van der Waals surface area contributed by atoms with Crippen molar-refractivity contribution >= 4 is 34.9 Å².